The summed E-state index contributed by atoms with van der Waals surface area (Å²) in [4.78, 5) is 14.7. The molecule has 0 radical (unpaired) electrons. The van der Waals surface area contributed by atoms with E-state index < -0.39 is 5.41 Å². The summed E-state index contributed by atoms with van der Waals surface area (Å²) in [7, 11) is 2.13. The van der Waals surface area contributed by atoms with Crippen LogP contribution in [0.15, 0.2) is 0 Å². The van der Waals surface area contributed by atoms with Gasteiger partial charge >= 0.3 is 0 Å². The van der Waals surface area contributed by atoms with Gasteiger partial charge in [0.15, 0.2) is 0 Å². The van der Waals surface area contributed by atoms with Gasteiger partial charge in [-0.3, -0.25) is 4.79 Å². The van der Waals surface area contributed by atoms with Gasteiger partial charge in [0.1, 0.15) is 0 Å². The van der Waals surface area contributed by atoms with Gasteiger partial charge in [-0.1, -0.05) is 12.2 Å². The van der Waals surface area contributed by atoms with E-state index in [-0.39, 0.29) is 5.91 Å². The summed E-state index contributed by atoms with van der Waals surface area (Å²) in [6.07, 6.45) is 4.06. The summed E-state index contributed by atoms with van der Waals surface area (Å²) in [5.41, 5.74) is 5.12. The maximum atomic E-state index is 12.0. The average Bonchev–Trinajstić information content (AvgIpc) is 3.07. The number of carbonyl (C=O) groups is 1. The largest absolute Gasteiger partial charge is 0.392 e. The molecule has 1 aliphatic heterocycles. The Morgan fingerprint density at radius 1 is 1.59 bits per heavy atom. The number of hydrogen-bond donors (Lipinski definition) is 2. The van der Waals surface area contributed by atoms with Crippen molar-refractivity contribution in [2.75, 3.05) is 26.7 Å². The van der Waals surface area contributed by atoms with Gasteiger partial charge in [-0.05, 0) is 45.2 Å². The molecule has 96 valence electrons. The lowest BCUT2D eigenvalue weighted by Crippen LogP contribution is -2.44. The van der Waals surface area contributed by atoms with Gasteiger partial charge in [-0.2, -0.15) is 0 Å². The van der Waals surface area contributed by atoms with E-state index in [0.29, 0.717) is 10.9 Å². The molecule has 1 aliphatic carbocycles. The van der Waals surface area contributed by atoms with Crippen LogP contribution < -0.4 is 11.1 Å². The minimum absolute atomic E-state index is 0.0400. The average molecular weight is 255 g/mol. The van der Waals surface area contributed by atoms with Crippen LogP contribution in [-0.4, -0.2) is 42.5 Å². The molecule has 2 fully saturated rings. The van der Waals surface area contributed by atoms with Crippen molar-refractivity contribution in [3.05, 3.63) is 0 Å². The smallest absolute Gasteiger partial charge is 0.233 e. The summed E-state index contributed by atoms with van der Waals surface area (Å²) in [6.45, 7) is 3.00. The van der Waals surface area contributed by atoms with Crippen molar-refractivity contribution >= 4 is 23.1 Å². The van der Waals surface area contributed by atoms with Crippen LogP contribution in [0.3, 0.4) is 0 Å². The second kappa shape index (κ2) is 4.90. The number of hydrogen-bond acceptors (Lipinski definition) is 3. The van der Waals surface area contributed by atoms with Gasteiger partial charge < -0.3 is 16.0 Å². The SMILES string of the molecule is CN1CCCC(CNC(=O)C2(C(N)=S)CC2)C1. The van der Waals surface area contributed by atoms with Gasteiger partial charge in [0.05, 0.1) is 10.4 Å². The first-order chi connectivity index (χ1) is 8.04. The van der Waals surface area contributed by atoms with Crippen molar-refractivity contribution in [1.29, 1.82) is 0 Å². The summed E-state index contributed by atoms with van der Waals surface area (Å²) in [6, 6.07) is 0. The number of piperidine rings is 1. The maximum absolute atomic E-state index is 12.0. The Labute approximate surface area is 108 Å². The standard InChI is InChI=1S/C12H21N3OS/c1-15-6-2-3-9(8-15)7-14-11(16)12(4-5-12)10(13)17/h9H,2-8H2,1H3,(H2,13,17)(H,14,16). The zero-order chi connectivity index (χ0) is 12.5. The second-order valence-electron chi connectivity index (χ2n) is 5.43. The molecule has 0 aromatic rings. The van der Waals surface area contributed by atoms with E-state index in [1.807, 2.05) is 0 Å². The fraction of sp³-hybridized carbons (Fsp3) is 0.833. The van der Waals surface area contributed by atoms with Crippen LogP contribution in [0.1, 0.15) is 25.7 Å². The zero-order valence-electron chi connectivity index (χ0n) is 10.4. The van der Waals surface area contributed by atoms with E-state index in [9.17, 15) is 4.79 Å². The summed E-state index contributed by atoms with van der Waals surface area (Å²) < 4.78 is 0. The lowest BCUT2D eigenvalue weighted by molar-refractivity contribution is -0.124. The molecule has 0 bridgehead atoms. The number of thiocarbonyl (C=S) groups is 1. The third-order valence-corrected chi connectivity index (χ3v) is 4.32. The number of rotatable bonds is 4. The predicted molar refractivity (Wildman–Crippen MR) is 71.7 cm³/mol. The minimum Gasteiger partial charge on any atom is -0.392 e. The van der Waals surface area contributed by atoms with Crippen LogP contribution in [0.25, 0.3) is 0 Å². The van der Waals surface area contributed by atoms with Gasteiger partial charge in [-0.25, -0.2) is 0 Å². The number of nitrogens with one attached hydrogen (secondary N) is 1. The Bertz CT molecular complexity index is 328. The van der Waals surface area contributed by atoms with E-state index in [4.69, 9.17) is 18.0 Å². The lowest BCUT2D eigenvalue weighted by Gasteiger charge is -2.30. The van der Waals surface area contributed by atoms with Crippen LogP contribution in [0.2, 0.25) is 0 Å². The first-order valence-electron chi connectivity index (χ1n) is 6.31. The molecular weight excluding hydrogens is 234 g/mol. The maximum Gasteiger partial charge on any atom is 0.233 e. The lowest BCUT2D eigenvalue weighted by atomic mass is 9.98. The van der Waals surface area contributed by atoms with E-state index in [2.05, 4.69) is 17.3 Å². The van der Waals surface area contributed by atoms with Crippen molar-refractivity contribution < 1.29 is 4.79 Å². The predicted octanol–water partition coefficient (Wildman–Crippen LogP) is 0.511. The summed E-state index contributed by atoms with van der Waals surface area (Å²) in [5, 5.41) is 3.02. The molecule has 1 atom stereocenters. The Kier molecular flexibility index (Phi) is 3.68. The highest BCUT2D eigenvalue weighted by Crippen LogP contribution is 2.46. The van der Waals surface area contributed by atoms with E-state index in [1.165, 1.54) is 19.4 Å². The number of nitrogens with two attached hydrogens (primary N) is 1. The van der Waals surface area contributed by atoms with Crippen LogP contribution in [-0.2, 0) is 4.79 Å². The number of carbonyl (C=O) groups excluding carboxylic acids is 1. The molecule has 1 saturated heterocycles. The van der Waals surface area contributed by atoms with Crippen LogP contribution in [0.5, 0.6) is 0 Å². The van der Waals surface area contributed by atoms with Crippen molar-refractivity contribution in [3.63, 3.8) is 0 Å². The fourth-order valence-electron chi connectivity index (χ4n) is 2.56. The first-order valence-corrected chi connectivity index (χ1v) is 6.72. The normalized spacial score (nSPS) is 27.5. The molecule has 17 heavy (non-hydrogen) atoms. The molecule has 5 heteroatoms. The molecule has 1 amide bonds. The fourth-order valence-corrected chi connectivity index (χ4v) is 2.85. The van der Waals surface area contributed by atoms with Crippen LogP contribution in [0.4, 0.5) is 0 Å². The van der Waals surface area contributed by atoms with Gasteiger partial charge in [0, 0.05) is 13.1 Å². The molecule has 2 rings (SSSR count). The molecular formula is C12H21N3OS. The molecule has 0 spiro atoms. The number of likely N-dealkylation sites (tertiary alicyclic amines) is 1. The van der Waals surface area contributed by atoms with E-state index in [1.54, 1.807) is 0 Å². The van der Waals surface area contributed by atoms with Gasteiger partial charge in [0.2, 0.25) is 5.91 Å². The molecule has 1 heterocycles. The first kappa shape index (κ1) is 12.8. The van der Waals surface area contributed by atoms with Crippen molar-refractivity contribution in [2.45, 2.75) is 25.7 Å². The Balaban J connectivity index is 1.78. The van der Waals surface area contributed by atoms with Gasteiger partial charge in [0.25, 0.3) is 0 Å². The quantitative estimate of drug-likeness (QED) is 0.719. The third kappa shape index (κ3) is 2.77. The summed E-state index contributed by atoms with van der Waals surface area (Å²) in [5.74, 6) is 0.609. The highest BCUT2D eigenvalue weighted by atomic mass is 32.1. The van der Waals surface area contributed by atoms with Crippen molar-refractivity contribution in [2.24, 2.45) is 17.1 Å². The molecule has 0 aromatic carbocycles. The molecule has 4 nitrogen and oxygen atoms in total. The summed E-state index contributed by atoms with van der Waals surface area (Å²) >= 11 is 4.97. The molecule has 0 aromatic heterocycles. The van der Waals surface area contributed by atoms with Crippen molar-refractivity contribution in [1.82, 2.24) is 10.2 Å². The van der Waals surface area contributed by atoms with Gasteiger partial charge in [-0.15, -0.1) is 0 Å². The topological polar surface area (TPSA) is 58.4 Å². The monoisotopic (exact) mass is 255 g/mol. The highest BCUT2D eigenvalue weighted by Gasteiger charge is 2.52. The minimum atomic E-state index is -0.504. The molecule has 1 saturated carbocycles. The van der Waals surface area contributed by atoms with E-state index >= 15 is 0 Å². The Hall–Kier alpha value is -0.680. The number of nitrogens with zero attached hydrogens (tertiary/aromatic N) is 1. The second-order valence-corrected chi connectivity index (χ2v) is 5.87. The third-order valence-electron chi connectivity index (χ3n) is 3.93. The highest BCUT2D eigenvalue weighted by molar-refractivity contribution is 7.80. The van der Waals surface area contributed by atoms with Crippen LogP contribution in [0, 0.1) is 11.3 Å². The molecule has 1 unspecified atom stereocenters. The van der Waals surface area contributed by atoms with Crippen molar-refractivity contribution in [3.8, 4) is 0 Å². The van der Waals surface area contributed by atoms with Crippen LogP contribution >= 0.6 is 12.2 Å². The zero-order valence-corrected chi connectivity index (χ0v) is 11.2. The molecule has 2 aliphatic rings. The number of amides is 1. The van der Waals surface area contributed by atoms with E-state index in [0.717, 1.165) is 25.9 Å². The molecule has 3 N–H and O–H groups in total. The Morgan fingerprint density at radius 3 is 2.82 bits per heavy atom. The Morgan fingerprint density at radius 2 is 2.29 bits per heavy atom.